The lowest BCUT2D eigenvalue weighted by Gasteiger charge is -2.37. The van der Waals surface area contributed by atoms with Gasteiger partial charge in [-0.3, -0.25) is 9.69 Å². The lowest BCUT2D eigenvalue weighted by molar-refractivity contribution is -0.135. The van der Waals surface area contributed by atoms with Gasteiger partial charge in [0, 0.05) is 33.3 Å². The van der Waals surface area contributed by atoms with Crippen LogP contribution in [0.25, 0.3) is 10.7 Å². The molecule has 0 radical (unpaired) electrons. The molecule has 2 N–H and O–H groups in total. The minimum absolute atomic E-state index is 0. The van der Waals surface area contributed by atoms with E-state index in [0.29, 0.717) is 24.8 Å². The molecule has 1 saturated heterocycles. The minimum Gasteiger partial charge on any atom is -0.383 e. The van der Waals surface area contributed by atoms with E-state index in [2.05, 4.69) is 15.0 Å². The molecule has 11 heteroatoms. The van der Waals surface area contributed by atoms with Crippen LogP contribution in [-0.2, 0) is 9.53 Å². The molecule has 0 saturated carbocycles. The number of aromatic nitrogens is 2. The smallest absolute Gasteiger partial charge is 0.244 e. The van der Waals surface area contributed by atoms with Crippen LogP contribution in [0.2, 0.25) is 0 Å². The van der Waals surface area contributed by atoms with Gasteiger partial charge in [0.05, 0.1) is 17.5 Å². The number of hydrogen-bond acceptors (Lipinski definition) is 8. The number of hydrogen-bond donors (Lipinski definition) is 1. The number of thiophene rings is 1. The summed E-state index contributed by atoms with van der Waals surface area (Å²) < 4.78 is 10.4. The van der Waals surface area contributed by atoms with E-state index in [1.54, 1.807) is 23.3 Å². The standard InChI is InChI=1S/C16H23N5O3S.2ClH/c1-11(15-18-14(19-24-15)13-4-3-9-25-13)20-5-7-21(8-6-20)16(22)12(17)10-23-2;;/h3-4,9,11-12H,5-8,10,17H2,1-2H3;2*1H. The normalized spacial score (nSPS) is 16.9. The molecule has 3 rings (SSSR count). The molecule has 2 aromatic rings. The van der Waals surface area contributed by atoms with E-state index < -0.39 is 6.04 Å². The Labute approximate surface area is 174 Å². The first kappa shape index (κ1) is 23.8. The number of halogens is 2. The Kier molecular flexibility index (Phi) is 9.65. The van der Waals surface area contributed by atoms with E-state index in [1.165, 1.54) is 0 Å². The van der Waals surface area contributed by atoms with Crippen molar-refractivity contribution in [3.05, 3.63) is 23.4 Å². The zero-order valence-electron chi connectivity index (χ0n) is 15.2. The minimum atomic E-state index is -0.599. The summed E-state index contributed by atoms with van der Waals surface area (Å²) in [6.07, 6.45) is 0. The van der Waals surface area contributed by atoms with Gasteiger partial charge in [-0.15, -0.1) is 36.2 Å². The highest BCUT2D eigenvalue weighted by molar-refractivity contribution is 7.13. The predicted octanol–water partition coefficient (Wildman–Crippen LogP) is 1.82. The first-order valence-corrected chi connectivity index (χ1v) is 9.13. The largest absolute Gasteiger partial charge is 0.383 e. The third-order valence-electron chi connectivity index (χ3n) is 4.38. The van der Waals surface area contributed by atoms with Crippen molar-refractivity contribution in [3.8, 4) is 10.7 Å². The van der Waals surface area contributed by atoms with Crippen LogP contribution in [-0.4, -0.2) is 71.8 Å². The van der Waals surface area contributed by atoms with E-state index in [9.17, 15) is 4.79 Å². The second-order valence-corrected chi connectivity index (χ2v) is 6.98. The van der Waals surface area contributed by atoms with Gasteiger partial charge < -0.3 is 19.9 Å². The van der Waals surface area contributed by atoms with Gasteiger partial charge >= 0.3 is 0 Å². The van der Waals surface area contributed by atoms with Gasteiger partial charge in [-0.05, 0) is 18.4 Å². The van der Waals surface area contributed by atoms with Gasteiger partial charge in [0.15, 0.2) is 0 Å². The summed E-state index contributed by atoms with van der Waals surface area (Å²) in [6, 6.07) is 3.34. The Hall–Kier alpha value is -1.23. The zero-order chi connectivity index (χ0) is 17.8. The molecule has 152 valence electrons. The molecule has 0 aliphatic carbocycles. The molecule has 3 heterocycles. The quantitative estimate of drug-likeness (QED) is 0.735. The van der Waals surface area contributed by atoms with Gasteiger partial charge in [0.25, 0.3) is 0 Å². The molecular formula is C16H25Cl2N5O3S. The van der Waals surface area contributed by atoms with Crippen molar-refractivity contribution in [2.75, 3.05) is 39.9 Å². The fourth-order valence-corrected chi connectivity index (χ4v) is 3.53. The highest BCUT2D eigenvalue weighted by Gasteiger charge is 2.29. The van der Waals surface area contributed by atoms with E-state index in [4.69, 9.17) is 15.0 Å². The predicted molar refractivity (Wildman–Crippen MR) is 109 cm³/mol. The number of carbonyl (C=O) groups excluding carboxylic acids is 1. The maximum atomic E-state index is 12.2. The average Bonchev–Trinajstić information content (AvgIpc) is 3.32. The van der Waals surface area contributed by atoms with Crippen LogP contribution in [0, 0.1) is 0 Å². The number of methoxy groups -OCH3 is 1. The molecule has 2 aromatic heterocycles. The van der Waals surface area contributed by atoms with E-state index in [-0.39, 0.29) is 43.4 Å². The number of carbonyl (C=O) groups is 1. The van der Waals surface area contributed by atoms with Crippen LogP contribution in [0.4, 0.5) is 0 Å². The highest BCUT2D eigenvalue weighted by atomic mass is 35.5. The second kappa shape index (κ2) is 10.9. The Morgan fingerprint density at radius 2 is 2.07 bits per heavy atom. The van der Waals surface area contributed by atoms with E-state index in [1.807, 2.05) is 24.4 Å². The molecule has 1 amide bonds. The number of nitrogens with zero attached hydrogens (tertiary/aromatic N) is 4. The van der Waals surface area contributed by atoms with Gasteiger partial charge in [0.1, 0.15) is 6.04 Å². The Balaban J connectivity index is 0.00000182. The topological polar surface area (TPSA) is 97.7 Å². The second-order valence-electron chi connectivity index (χ2n) is 6.03. The van der Waals surface area contributed by atoms with Gasteiger partial charge in [0.2, 0.25) is 17.6 Å². The van der Waals surface area contributed by atoms with Crippen LogP contribution in [0.15, 0.2) is 22.0 Å². The number of rotatable bonds is 6. The fraction of sp³-hybridized carbons (Fsp3) is 0.562. The maximum Gasteiger partial charge on any atom is 0.244 e. The molecule has 1 fully saturated rings. The third-order valence-corrected chi connectivity index (χ3v) is 5.24. The first-order valence-electron chi connectivity index (χ1n) is 8.25. The van der Waals surface area contributed by atoms with Crippen LogP contribution >= 0.6 is 36.2 Å². The van der Waals surface area contributed by atoms with Gasteiger partial charge in [-0.25, -0.2) is 0 Å². The molecule has 0 bridgehead atoms. The van der Waals surface area contributed by atoms with E-state index >= 15 is 0 Å². The maximum absolute atomic E-state index is 12.2. The van der Waals surface area contributed by atoms with Crippen LogP contribution in [0.1, 0.15) is 18.9 Å². The number of amides is 1. The van der Waals surface area contributed by atoms with Crippen molar-refractivity contribution in [2.24, 2.45) is 5.73 Å². The fourth-order valence-electron chi connectivity index (χ4n) is 2.88. The first-order chi connectivity index (χ1) is 12.1. The number of piperazine rings is 1. The van der Waals surface area contributed by atoms with Crippen LogP contribution in [0.5, 0.6) is 0 Å². The summed E-state index contributed by atoms with van der Waals surface area (Å²) >= 11 is 1.58. The molecule has 27 heavy (non-hydrogen) atoms. The Morgan fingerprint density at radius 3 is 2.67 bits per heavy atom. The van der Waals surface area contributed by atoms with Crippen molar-refractivity contribution in [1.82, 2.24) is 19.9 Å². The third kappa shape index (κ3) is 5.63. The van der Waals surface area contributed by atoms with Crippen molar-refractivity contribution < 1.29 is 14.1 Å². The molecule has 2 unspecified atom stereocenters. The van der Waals surface area contributed by atoms with Crippen molar-refractivity contribution in [2.45, 2.75) is 19.0 Å². The average molecular weight is 438 g/mol. The summed E-state index contributed by atoms with van der Waals surface area (Å²) in [5.74, 6) is 1.15. The lowest BCUT2D eigenvalue weighted by atomic mass is 10.2. The Morgan fingerprint density at radius 1 is 1.37 bits per heavy atom. The van der Waals surface area contributed by atoms with Crippen molar-refractivity contribution in [1.29, 1.82) is 0 Å². The number of nitrogens with two attached hydrogens (primary N) is 1. The van der Waals surface area contributed by atoms with Crippen LogP contribution < -0.4 is 5.73 Å². The summed E-state index contributed by atoms with van der Waals surface area (Å²) in [5, 5.41) is 6.05. The SMILES string of the molecule is COCC(N)C(=O)N1CCN(C(C)c2nc(-c3cccs3)no2)CC1.Cl.Cl. The van der Waals surface area contributed by atoms with Crippen molar-refractivity contribution in [3.63, 3.8) is 0 Å². The van der Waals surface area contributed by atoms with E-state index in [0.717, 1.165) is 18.0 Å². The summed E-state index contributed by atoms with van der Waals surface area (Å²) in [7, 11) is 1.54. The molecule has 0 aromatic carbocycles. The lowest BCUT2D eigenvalue weighted by Crippen LogP contribution is -2.54. The molecule has 8 nitrogen and oxygen atoms in total. The molecule has 1 aliphatic heterocycles. The summed E-state index contributed by atoms with van der Waals surface area (Å²) in [5.41, 5.74) is 5.83. The summed E-state index contributed by atoms with van der Waals surface area (Å²) in [6.45, 7) is 5.02. The highest BCUT2D eigenvalue weighted by Crippen LogP contribution is 2.25. The zero-order valence-corrected chi connectivity index (χ0v) is 17.7. The van der Waals surface area contributed by atoms with Crippen molar-refractivity contribution >= 4 is 42.1 Å². The molecule has 2 atom stereocenters. The number of ether oxygens (including phenoxy) is 1. The summed E-state index contributed by atoms with van der Waals surface area (Å²) in [4.78, 5) is 21.8. The Bertz CT molecular complexity index is 692. The molecule has 1 aliphatic rings. The monoisotopic (exact) mass is 437 g/mol. The van der Waals surface area contributed by atoms with Gasteiger partial charge in [-0.2, -0.15) is 4.98 Å². The van der Waals surface area contributed by atoms with Crippen LogP contribution in [0.3, 0.4) is 0 Å². The molecular weight excluding hydrogens is 413 g/mol. The molecule has 0 spiro atoms. The van der Waals surface area contributed by atoms with Gasteiger partial charge in [-0.1, -0.05) is 11.2 Å².